The molecule has 1 aliphatic heterocycles. The fourth-order valence-electron chi connectivity index (χ4n) is 3.98. The molecule has 0 bridgehead atoms. The average Bonchev–Trinajstić information content (AvgIpc) is 3.13. The van der Waals surface area contributed by atoms with E-state index in [0.29, 0.717) is 22.6 Å². The van der Waals surface area contributed by atoms with Crippen molar-refractivity contribution in [2.75, 3.05) is 25.0 Å². The Labute approximate surface area is 176 Å². The van der Waals surface area contributed by atoms with Crippen LogP contribution in [0.1, 0.15) is 37.5 Å². The summed E-state index contributed by atoms with van der Waals surface area (Å²) in [7, 11) is 0. The first-order valence-corrected chi connectivity index (χ1v) is 11.3. The Bertz CT molecular complexity index is 1240. The van der Waals surface area contributed by atoms with Gasteiger partial charge < -0.3 is 10.4 Å². The van der Waals surface area contributed by atoms with Gasteiger partial charge in [-0.15, -0.1) is 0 Å². The number of hydrogen-bond acceptors (Lipinski definition) is 8. The second-order valence-electron chi connectivity index (χ2n) is 7.87. The fourth-order valence-corrected chi connectivity index (χ4v) is 4.66. The maximum atomic E-state index is 11.5. The van der Waals surface area contributed by atoms with Crippen molar-refractivity contribution in [3.05, 3.63) is 37.5 Å². The number of fused-ring (bicyclic) bond motifs is 1. The first kappa shape index (κ1) is 19.3. The molecule has 30 heavy (non-hydrogen) atoms. The van der Waals surface area contributed by atoms with Crippen molar-refractivity contribution in [1.29, 1.82) is 0 Å². The van der Waals surface area contributed by atoms with E-state index in [1.54, 1.807) is 16.8 Å². The summed E-state index contributed by atoms with van der Waals surface area (Å²) in [6.45, 7) is 5.26. The zero-order valence-corrected chi connectivity index (χ0v) is 17.7. The number of rotatable bonds is 6. The first-order chi connectivity index (χ1) is 14.6. The van der Waals surface area contributed by atoms with Crippen LogP contribution in [0.5, 0.6) is 5.88 Å². The van der Waals surface area contributed by atoms with Gasteiger partial charge in [-0.25, -0.2) is 4.98 Å². The summed E-state index contributed by atoms with van der Waals surface area (Å²) in [5, 5.41) is 18.6. The van der Waals surface area contributed by atoms with Crippen LogP contribution in [-0.4, -0.2) is 61.3 Å². The van der Waals surface area contributed by atoms with Crippen molar-refractivity contribution in [1.82, 2.24) is 24.5 Å². The smallest absolute Gasteiger partial charge is 0.307 e. The van der Waals surface area contributed by atoms with Crippen LogP contribution in [0.2, 0.25) is 0 Å². The second-order valence-corrected chi connectivity index (χ2v) is 8.89. The molecule has 0 spiro atoms. The van der Waals surface area contributed by atoms with Gasteiger partial charge in [0, 0.05) is 23.9 Å². The number of likely N-dealkylation sites (tertiary alicyclic amines) is 1. The van der Waals surface area contributed by atoms with E-state index in [4.69, 9.17) is 9.98 Å². The van der Waals surface area contributed by atoms with Gasteiger partial charge in [0.2, 0.25) is 5.88 Å². The van der Waals surface area contributed by atoms with Crippen LogP contribution >= 0.6 is 11.3 Å². The zero-order chi connectivity index (χ0) is 20.7. The molecule has 0 aromatic carbocycles. The Balaban J connectivity index is 1.54. The molecular weight excluding hydrogens is 402 g/mol. The molecule has 10 heteroatoms. The molecule has 3 N–H and O–H groups in total. The molecule has 4 heterocycles. The minimum atomic E-state index is -0.299. The van der Waals surface area contributed by atoms with Gasteiger partial charge in [0.15, 0.2) is 11.1 Å². The van der Waals surface area contributed by atoms with Gasteiger partial charge in [-0.1, -0.05) is 18.3 Å². The Morgan fingerprint density at radius 3 is 3.03 bits per heavy atom. The molecule has 9 nitrogen and oxygen atoms in total. The van der Waals surface area contributed by atoms with Crippen LogP contribution in [0.25, 0.3) is 11.7 Å². The van der Waals surface area contributed by atoms with Gasteiger partial charge in [0.05, 0.1) is 17.1 Å². The van der Waals surface area contributed by atoms with Crippen LogP contribution in [0, 0.1) is 0 Å². The minimum Gasteiger partial charge on any atom is -0.493 e. The third kappa shape index (κ3) is 3.84. The highest BCUT2D eigenvalue weighted by Gasteiger charge is 2.23. The average molecular weight is 428 g/mol. The quantitative estimate of drug-likeness (QED) is 0.534. The summed E-state index contributed by atoms with van der Waals surface area (Å²) in [4.78, 5) is 26.2. The summed E-state index contributed by atoms with van der Waals surface area (Å²) in [5.74, 6) is 0.633. The topological polar surface area (TPSA) is 111 Å². The standard InChI is InChI=1S/C20H25N7O2S/c1-2-26-7-3-4-14(26)11-21-16-9-17(23-13-5-6-13)27-18(24-16)12(10-22-27)8-15-19(28)25-20(29)30-15/h8-10,13-14,21,28H,2-7,11H2,1H3,(H,25,29)/b12-8+,23-17?. The molecule has 3 aromatic heterocycles. The monoisotopic (exact) mass is 427 g/mol. The fraction of sp³-hybridized carbons (Fsp3) is 0.500. The van der Waals surface area contributed by atoms with Crippen LogP contribution in [0.15, 0.2) is 22.1 Å². The summed E-state index contributed by atoms with van der Waals surface area (Å²) >= 11 is 0.954. The number of nitrogens with one attached hydrogen (secondary N) is 2. The van der Waals surface area contributed by atoms with Crippen molar-refractivity contribution in [2.24, 2.45) is 4.99 Å². The highest BCUT2D eigenvalue weighted by Crippen LogP contribution is 2.22. The predicted octanol–water partition coefficient (Wildman–Crippen LogP) is 0.692. The Morgan fingerprint density at radius 1 is 1.43 bits per heavy atom. The number of aromatic hydroxyl groups is 1. The van der Waals surface area contributed by atoms with Gasteiger partial charge in [-0.2, -0.15) is 9.61 Å². The van der Waals surface area contributed by atoms with E-state index in [2.05, 4.69) is 27.2 Å². The van der Waals surface area contributed by atoms with E-state index in [9.17, 15) is 9.90 Å². The lowest BCUT2D eigenvalue weighted by molar-refractivity contribution is 0.277. The predicted molar refractivity (Wildman–Crippen MR) is 116 cm³/mol. The number of aromatic nitrogens is 4. The summed E-state index contributed by atoms with van der Waals surface area (Å²) in [6, 6.07) is 2.82. The number of aromatic amines is 1. The van der Waals surface area contributed by atoms with E-state index in [1.165, 1.54) is 12.8 Å². The molecule has 1 saturated carbocycles. The van der Waals surface area contributed by atoms with Gasteiger partial charge in [-0.3, -0.25) is 19.7 Å². The lowest BCUT2D eigenvalue weighted by atomic mass is 10.2. The SMILES string of the molecule is CCN1CCCC1CNc1cc(=NC2CC2)n2nc/c(=C\c3sc(=O)[nH]c3O)c2n1. The van der Waals surface area contributed by atoms with Gasteiger partial charge in [-0.05, 0) is 44.8 Å². The van der Waals surface area contributed by atoms with Crippen molar-refractivity contribution < 1.29 is 5.11 Å². The first-order valence-electron chi connectivity index (χ1n) is 10.4. The van der Waals surface area contributed by atoms with E-state index in [1.807, 2.05) is 6.07 Å². The van der Waals surface area contributed by atoms with E-state index < -0.39 is 0 Å². The van der Waals surface area contributed by atoms with Gasteiger partial charge >= 0.3 is 4.87 Å². The normalized spacial score (nSPS) is 21.2. The van der Waals surface area contributed by atoms with Crippen LogP contribution < -0.4 is 20.9 Å². The summed E-state index contributed by atoms with van der Waals surface area (Å²) in [6.07, 6.45) is 8.06. The molecule has 158 valence electrons. The van der Waals surface area contributed by atoms with Crippen molar-refractivity contribution >= 4 is 28.9 Å². The summed E-state index contributed by atoms with van der Waals surface area (Å²) in [5.41, 5.74) is 1.42. The molecular formula is C20H25N7O2S. The lowest BCUT2D eigenvalue weighted by Gasteiger charge is -2.23. The molecule has 1 atom stereocenters. The maximum Gasteiger partial charge on any atom is 0.307 e. The maximum absolute atomic E-state index is 11.5. The van der Waals surface area contributed by atoms with E-state index in [-0.39, 0.29) is 10.8 Å². The number of thiazole rings is 1. The number of H-pyrrole nitrogens is 1. The third-order valence-corrected chi connectivity index (χ3v) is 6.53. The van der Waals surface area contributed by atoms with Crippen LogP contribution in [0.4, 0.5) is 5.82 Å². The highest BCUT2D eigenvalue weighted by atomic mass is 32.1. The molecule has 2 fully saturated rings. The molecule has 5 rings (SSSR count). The van der Waals surface area contributed by atoms with Crippen molar-refractivity contribution in [3.8, 4) is 5.88 Å². The molecule has 0 amide bonds. The summed E-state index contributed by atoms with van der Waals surface area (Å²) < 4.78 is 1.73. The number of likely N-dealkylation sites (N-methyl/N-ethyl adjacent to an activating group) is 1. The van der Waals surface area contributed by atoms with Crippen LogP contribution in [-0.2, 0) is 0 Å². The molecule has 1 unspecified atom stereocenters. The Kier molecular flexibility index (Phi) is 5.03. The third-order valence-electron chi connectivity index (χ3n) is 5.71. The van der Waals surface area contributed by atoms with Gasteiger partial charge in [0.1, 0.15) is 5.82 Å². The molecule has 3 aromatic rings. The van der Waals surface area contributed by atoms with E-state index >= 15 is 0 Å². The molecule has 1 aliphatic carbocycles. The number of hydrogen-bond donors (Lipinski definition) is 3. The van der Waals surface area contributed by atoms with Gasteiger partial charge in [0.25, 0.3) is 0 Å². The molecule has 2 aliphatic rings. The van der Waals surface area contributed by atoms with Crippen molar-refractivity contribution in [3.63, 3.8) is 0 Å². The second kappa shape index (κ2) is 7.84. The zero-order valence-electron chi connectivity index (χ0n) is 16.8. The van der Waals surface area contributed by atoms with Crippen LogP contribution in [0.3, 0.4) is 0 Å². The van der Waals surface area contributed by atoms with Crippen molar-refractivity contribution in [2.45, 2.75) is 44.7 Å². The molecule has 0 radical (unpaired) electrons. The minimum absolute atomic E-state index is 0.137. The Morgan fingerprint density at radius 2 is 2.30 bits per heavy atom. The van der Waals surface area contributed by atoms with E-state index in [0.717, 1.165) is 60.3 Å². The number of anilines is 1. The highest BCUT2D eigenvalue weighted by molar-refractivity contribution is 7.10. The number of nitrogens with zero attached hydrogens (tertiary/aromatic N) is 5. The largest absolute Gasteiger partial charge is 0.493 e. The molecule has 1 saturated heterocycles. The lowest BCUT2D eigenvalue weighted by Crippen LogP contribution is -2.35. The Hall–Kier alpha value is -2.72.